The Bertz CT molecular complexity index is 3330. The topological polar surface area (TPSA) is 201 Å². The predicted molar refractivity (Wildman–Crippen MR) is 406 cm³/mol. The maximum Gasteiger partial charge on any atom is 0.416 e. The number of pyridine rings is 3. The summed E-state index contributed by atoms with van der Waals surface area (Å²) < 4.78 is 104. The maximum atomic E-state index is 13.7. The molecule has 0 radical (unpaired) electrons. The van der Waals surface area contributed by atoms with Crippen LogP contribution >= 0.6 is 0 Å². The van der Waals surface area contributed by atoms with E-state index in [1.807, 2.05) is 61.1 Å². The first-order valence-electron chi connectivity index (χ1n) is 38.4. The van der Waals surface area contributed by atoms with E-state index in [4.69, 9.17) is 22.2 Å². The van der Waals surface area contributed by atoms with Crippen molar-refractivity contribution in [3.05, 3.63) is 195 Å². The standard InChI is InChI=1S/C33H50F2N6O.2C24H34F3N5/c1-25-20-26(2)31(38-21-25)24-41(17-7-6-15-36)23-29-22-40(19-16-37-29)18-12-30(27-8-4-3-5-9-27)39-32(42)28-10-13-33(34,35)14-11-28;2*1-19-5-4-11-30-23(19)18-31(13-3-2-10-28)16-22-17-32(14-12-29-22)15-20-6-8-21(9-7-20)24(25,26)27/h3-5,8-9,20-21,28-30,37H,6-7,10-19,22-24,36H2,1-2H3,(H,39,42);2*4-9,11,22,29H,2-3,10,12-18,28H2,1H3/t29-,30+;2*22-/m110/s1. The lowest BCUT2D eigenvalue weighted by Crippen LogP contribution is -2.55. The molecule has 25 heteroatoms. The van der Waals surface area contributed by atoms with E-state index in [2.05, 4.69) is 107 Å². The lowest BCUT2D eigenvalue weighted by atomic mass is 9.86. The highest BCUT2D eigenvalue weighted by atomic mass is 19.4. The molecule has 6 heterocycles. The molecule has 10 N–H and O–H groups in total. The van der Waals surface area contributed by atoms with E-state index in [-0.39, 0.29) is 43.6 Å². The van der Waals surface area contributed by atoms with E-state index in [0.29, 0.717) is 50.8 Å². The van der Waals surface area contributed by atoms with Gasteiger partial charge in [-0.3, -0.25) is 44.2 Å². The molecule has 106 heavy (non-hydrogen) atoms. The molecule has 10 rings (SSSR count). The zero-order chi connectivity index (χ0) is 75.9. The van der Waals surface area contributed by atoms with Crippen molar-refractivity contribution in [2.45, 2.75) is 173 Å². The average molecular weight is 1480 g/mol. The van der Waals surface area contributed by atoms with E-state index < -0.39 is 29.4 Å². The third-order valence-corrected chi connectivity index (χ3v) is 20.6. The molecule has 0 unspecified atom stereocenters. The van der Waals surface area contributed by atoms with E-state index in [1.165, 1.54) is 46.5 Å². The van der Waals surface area contributed by atoms with Gasteiger partial charge < -0.3 is 43.4 Å². The second-order valence-electron chi connectivity index (χ2n) is 29.5. The highest BCUT2D eigenvalue weighted by molar-refractivity contribution is 5.79. The molecule has 0 spiro atoms. The fourth-order valence-corrected chi connectivity index (χ4v) is 14.6. The Labute approximate surface area is 624 Å². The average Bonchev–Trinajstić information content (AvgIpc) is 0.853. The Morgan fingerprint density at radius 3 is 1.37 bits per heavy atom. The number of carbonyl (C=O) groups excluding carboxylic acids is 1. The summed E-state index contributed by atoms with van der Waals surface area (Å²) in [6.45, 7) is 28.7. The van der Waals surface area contributed by atoms with Gasteiger partial charge in [0.2, 0.25) is 11.8 Å². The fourth-order valence-electron chi connectivity index (χ4n) is 14.6. The zero-order valence-corrected chi connectivity index (χ0v) is 62.9. The van der Waals surface area contributed by atoms with Crippen molar-refractivity contribution in [2.24, 2.45) is 23.1 Å². The van der Waals surface area contributed by atoms with Crippen LogP contribution in [0.15, 0.2) is 128 Å². The molecule has 4 atom stereocenters. The number of hydrogen-bond acceptors (Lipinski definition) is 16. The molecule has 6 aromatic rings. The van der Waals surface area contributed by atoms with Gasteiger partial charge in [0.05, 0.1) is 34.3 Å². The molecule has 3 aliphatic heterocycles. The van der Waals surface area contributed by atoms with E-state index in [0.717, 1.165) is 203 Å². The predicted octanol–water partition coefficient (Wildman–Crippen LogP) is 11.4. The van der Waals surface area contributed by atoms with Gasteiger partial charge in [0, 0.05) is 173 Å². The number of carbonyl (C=O) groups is 1. The molecule has 3 aromatic heterocycles. The summed E-state index contributed by atoms with van der Waals surface area (Å²) in [5.74, 6) is -3.06. The quantitative estimate of drug-likeness (QED) is 0.0148. The number of rotatable bonds is 34. The summed E-state index contributed by atoms with van der Waals surface area (Å²) in [5.41, 5.74) is 26.9. The summed E-state index contributed by atoms with van der Waals surface area (Å²) in [7, 11) is 0. The van der Waals surface area contributed by atoms with Crippen LogP contribution in [-0.4, -0.2) is 199 Å². The molecular weight excluding hydrogens is 1360 g/mol. The molecule has 584 valence electrons. The van der Waals surface area contributed by atoms with Crippen LogP contribution < -0.4 is 38.5 Å². The first-order valence-corrected chi connectivity index (χ1v) is 38.4. The van der Waals surface area contributed by atoms with E-state index in [1.54, 1.807) is 24.3 Å². The van der Waals surface area contributed by atoms with Crippen molar-refractivity contribution >= 4 is 5.91 Å². The minimum atomic E-state index is -4.29. The molecule has 4 fully saturated rings. The molecule has 0 bridgehead atoms. The largest absolute Gasteiger partial charge is 0.416 e. The molecule has 1 amide bonds. The summed E-state index contributed by atoms with van der Waals surface area (Å²) in [6.07, 6.45) is 4.07. The second kappa shape index (κ2) is 43.7. The van der Waals surface area contributed by atoms with Crippen LogP contribution in [-0.2, 0) is 49.9 Å². The third-order valence-electron chi connectivity index (χ3n) is 20.6. The normalized spacial score (nSPS) is 18.8. The number of halogens is 8. The molecule has 3 saturated heterocycles. The van der Waals surface area contributed by atoms with Crippen LogP contribution in [0.25, 0.3) is 0 Å². The summed E-state index contributed by atoms with van der Waals surface area (Å²) >= 11 is 0. The van der Waals surface area contributed by atoms with Crippen LogP contribution in [0.2, 0.25) is 0 Å². The number of nitrogens with zero attached hydrogens (tertiary/aromatic N) is 9. The molecule has 1 aliphatic carbocycles. The number of nitrogens with two attached hydrogens (primary N) is 3. The summed E-state index contributed by atoms with van der Waals surface area (Å²) in [6, 6.07) is 32.1. The minimum Gasteiger partial charge on any atom is -0.349 e. The van der Waals surface area contributed by atoms with Crippen LogP contribution in [0.4, 0.5) is 35.1 Å². The van der Waals surface area contributed by atoms with Gasteiger partial charge in [0.25, 0.3) is 0 Å². The minimum absolute atomic E-state index is 0.0920. The Hall–Kier alpha value is -6.46. The number of alkyl halides is 8. The van der Waals surface area contributed by atoms with Crippen molar-refractivity contribution in [3.8, 4) is 0 Å². The number of aromatic nitrogens is 3. The Kier molecular flexibility index (Phi) is 35.1. The smallest absolute Gasteiger partial charge is 0.349 e. The summed E-state index contributed by atoms with van der Waals surface area (Å²) in [5, 5.41) is 14.2. The third kappa shape index (κ3) is 29.8. The van der Waals surface area contributed by atoms with Crippen molar-refractivity contribution in [2.75, 3.05) is 124 Å². The fraction of sp³-hybridized carbons (Fsp3) is 0.580. The van der Waals surface area contributed by atoms with Crippen molar-refractivity contribution < 1.29 is 39.9 Å². The van der Waals surface area contributed by atoms with Crippen molar-refractivity contribution in [1.29, 1.82) is 0 Å². The number of piperazine rings is 3. The van der Waals surface area contributed by atoms with Crippen LogP contribution in [0.3, 0.4) is 0 Å². The van der Waals surface area contributed by atoms with Gasteiger partial charge in [-0.05, 0) is 200 Å². The van der Waals surface area contributed by atoms with Gasteiger partial charge in [0.15, 0.2) is 0 Å². The van der Waals surface area contributed by atoms with Gasteiger partial charge in [0.1, 0.15) is 0 Å². The van der Waals surface area contributed by atoms with Crippen LogP contribution in [0.1, 0.15) is 144 Å². The first kappa shape index (κ1) is 85.2. The monoisotopic (exact) mass is 1480 g/mol. The van der Waals surface area contributed by atoms with E-state index in [9.17, 15) is 39.9 Å². The molecular formula is C81H118F8N16O. The molecule has 1 saturated carbocycles. The lowest BCUT2D eigenvalue weighted by molar-refractivity contribution is -0.138. The number of hydrogen-bond donors (Lipinski definition) is 7. The SMILES string of the molecule is Cc1cccnc1CN(CCCCN)C[C@@H]1CN(Cc2ccc(C(F)(F)F)cc2)CCN1.Cc1cccnc1CN(CCCCN)C[C@H]1CN(Cc2ccc(C(F)(F)F)cc2)CCN1.Cc1cnc(CN(CCCCN)C[C@H]2CN(CC[C@H](NC(=O)C3CCC(F)(F)CC3)c3ccccc3)CCN2)c(C)c1. The highest BCUT2D eigenvalue weighted by Gasteiger charge is 2.38. The Morgan fingerprint density at radius 1 is 0.547 bits per heavy atom. The molecule has 17 nitrogen and oxygen atoms in total. The lowest BCUT2D eigenvalue weighted by Gasteiger charge is -2.37. The number of unbranched alkanes of at least 4 members (excludes halogenated alkanes) is 3. The van der Waals surface area contributed by atoms with E-state index >= 15 is 0 Å². The van der Waals surface area contributed by atoms with Gasteiger partial charge in [-0.1, -0.05) is 72.8 Å². The van der Waals surface area contributed by atoms with Crippen LogP contribution in [0, 0.1) is 33.6 Å². The van der Waals surface area contributed by atoms with Gasteiger partial charge in [-0.2, -0.15) is 26.3 Å². The molecule has 3 aromatic carbocycles. The number of benzene rings is 3. The number of nitrogens with one attached hydrogen (secondary N) is 4. The van der Waals surface area contributed by atoms with Gasteiger partial charge >= 0.3 is 12.4 Å². The number of aryl methyl sites for hydroxylation is 4. The Balaban J connectivity index is 0.000000204. The van der Waals surface area contributed by atoms with Crippen LogP contribution in [0.5, 0.6) is 0 Å². The highest BCUT2D eigenvalue weighted by Crippen LogP contribution is 2.37. The first-order chi connectivity index (χ1) is 50.9. The van der Waals surface area contributed by atoms with Crippen molar-refractivity contribution in [1.82, 2.24) is 65.6 Å². The molecule has 4 aliphatic rings. The summed E-state index contributed by atoms with van der Waals surface area (Å²) in [4.78, 5) is 41.4. The zero-order valence-electron chi connectivity index (χ0n) is 62.9. The second-order valence-corrected chi connectivity index (χ2v) is 29.5. The maximum absolute atomic E-state index is 13.7. The van der Waals surface area contributed by atoms with Gasteiger partial charge in [-0.15, -0.1) is 0 Å². The van der Waals surface area contributed by atoms with Gasteiger partial charge in [-0.25, -0.2) is 8.78 Å². The number of amides is 1. The van der Waals surface area contributed by atoms with Crippen molar-refractivity contribution in [3.63, 3.8) is 0 Å². The Morgan fingerprint density at radius 2 is 0.962 bits per heavy atom.